The molecule has 3 aromatic rings. The number of carbonyl (C=O) groups excluding carboxylic acids is 2. The van der Waals surface area contributed by atoms with E-state index in [0.717, 1.165) is 11.3 Å². The third-order valence-electron chi connectivity index (χ3n) is 4.50. The number of H-pyrrole nitrogens is 1. The monoisotopic (exact) mass is 559 g/mol. The highest BCUT2D eigenvalue weighted by atomic mass is 35.5. The lowest BCUT2D eigenvalue weighted by molar-refractivity contribution is -0.127. The van der Waals surface area contributed by atoms with Gasteiger partial charge in [-0.2, -0.15) is 4.72 Å². The Balaban J connectivity index is 1.80. The van der Waals surface area contributed by atoms with Crippen LogP contribution in [0.3, 0.4) is 0 Å². The lowest BCUT2D eigenvalue weighted by atomic mass is 10.1. The molecule has 0 saturated carbocycles. The summed E-state index contributed by atoms with van der Waals surface area (Å²) in [5.74, 6) is -1.26. The van der Waals surface area contributed by atoms with Crippen LogP contribution in [0.2, 0.25) is 10.0 Å². The molecule has 9 nitrogen and oxygen atoms in total. The summed E-state index contributed by atoms with van der Waals surface area (Å²) in [6.45, 7) is 1.46. The molecule has 0 aliphatic heterocycles. The predicted molar refractivity (Wildman–Crippen MR) is 134 cm³/mol. The van der Waals surface area contributed by atoms with Crippen molar-refractivity contribution >= 4 is 73.7 Å². The van der Waals surface area contributed by atoms with Crippen LogP contribution in [0.25, 0.3) is 0 Å². The van der Waals surface area contributed by atoms with Crippen LogP contribution in [0.5, 0.6) is 0 Å². The Morgan fingerprint density at radius 2 is 1.85 bits per heavy atom. The highest BCUT2D eigenvalue weighted by Crippen LogP contribution is 2.25. The minimum Gasteiger partial charge on any atom is -0.343 e. The van der Waals surface area contributed by atoms with E-state index in [-0.39, 0.29) is 26.5 Å². The first-order chi connectivity index (χ1) is 16.0. The number of amides is 2. The van der Waals surface area contributed by atoms with Crippen molar-refractivity contribution < 1.29 is 18.0 Å². The van der Waals surface area contributed by atoms with Gasteiger partial charge in [0.2, 0.25) is 27.0 Å². The van der Waals surface area contributed by atoms with Gasteiger partial charge < -0.3 is 5.32 Å². The summed E-state index contributed by atoms with van der Waals surface area (Å²) in [6, 6.07) is 10.6. The van der Waals surface area contributed by atoms with Crippen molar-refractivity contribution in [3.05, 3.63) is 68.1 Å². The summed E-state index contributed by atoms with van der Waals surface area (Å²) in [4.78, 5) is 25.3. The van der Waals surface area contributed by atoms with E-state index in [0.29, 0.717) is 9.52 Å². The zero-order valence-electron chi connectivity index (χ0n) is 17.5. The molecular weight excluding hydrogens is 541 g/mol. The van der Waals surface area contributed by atoms with Crippen LogP contribution in [-0.2, 0) is 26.0 Å². The first kappa shape index (κ1) is 26.3. The first-order valence-electron chi connectivity index (χ1n) is 9.73. The number of benzene rings is 2. The molecule has 0 spiro atoms. The molecule has 2 amide bonds. The summed E-state index contributed by atoms with van der Waals surface area (Å²) in [5.41, 5.74) is 0.705. The molecule has 0 bridgehead atoms. The van der Waals surface area contributed by atoms with E-state index in [4.69, 9.17) is 35.4 Å². The fraction of sp³-hybridized carbons (Fsp3) is 0.200. The maximum atomic E-state index is 13.1. The van der Waals surface area contributed by atoms with Gasteiger partial charge in [0.15, 0.2) is 3.95 Å². The molecule has 3 rings (SSSR count). The number of anilines is 1. The summed E-state index contributed by atoms with van der Waals surface area (Å²) >= 11 is 18.0. The van der Waals surface area contributed by atoms with Crippen LogP contribution < -0.4 is 15.4 Å². The van der Waals surface area contributed by atoms with Gasteiger partial charge in [-0.3, -0.25) is 20.0 Å². The number of nitrogens with zero attached hydrogens (tertiary/aromatic N) is 1. The predicted octanol–water partition coefficient (Wildman–Crippen LogP) is 3.54. The van der Waals surface area contributed by atoms with Crippen LogP contribution in [-0.4, -0.2) is 42.5 Å². The molecule has 1 heterocycles. The van der Waals surface area contributed by atoms with Gasteiger partial charge in [-0.1, -0.05) is 64.9 Å². The van der Waals surface area contributed by atoms with Crippen molar-refractivity contribution in [2.75, 3.05) is 5.32 Å². The second-order valence-corrected chi connectivity index (χ2v) is 11.3. The van der Waals surface area contributed by atoms with Crippen molar-refractivity contribution in [1.82, 2.24) is 20.2 Å². The van der Waals surface area contributed by atoms with E-state index in [1.165, 1.54) is 25.1 Å². The van der Waals surface area contributed by atoms with Crippen molar-refractivity contribution in [2.24, 2.45) is 0 Å². The molecule has 0 radical (unpaired) electrons. The van der Waals surface area contributed by atoms with Gasteiger partial charge in [0, 0.05) is 5.02 Å². The zero-order valence-corrected chi connectivity index (χ0v) is 21.5. The third kappa shape index (κ3) is 7.08. The number of nitrogens with one attached hydrogen (secondary N) is 4. The molecule has 34 heavy (non-hydrogen) atoms. The van der Waals surface area contributed by atoms with Gasteiger partial charge in [-0.15, -0.1) is 5.10 Å². The normalized spacial score (nSPS) is 13.1. The summed E-state index contributed by atoms with van der Waals surface area (Å²) < 4.78 is 28.8. The molecule has 0 fully saturated rings. The first-order valence-corrected chi connectivity index (χ1v) is 13.2. The number of rotatable bonds is 9. The van der Waals surface area contributed by atoms with Gasteiger partial charge in [-0.25, -0.2) is 8.42 Å². The number of sulfonamides is 1. The van der Waals surface area contributed by atoms with Gasteiger partial charge in [0.25, 0.3) is 0 Å². The lowest BCUT2D eigenvalue weighted by Gasteiger charge is -2.21. The fourth-order valence-corrected chi connectivity index (χ4v) is 5.60. The second-order valence-electron chi connectivity index (χ2n) is 7.08. The van der Waals surface area contributed by atoms with Gasteiger partial charge >= 0.3 is 0 Å². The maximum Gasteiger partial charge on any atom is 0.248 e. The molecule has 4 N–H and O–H groups in total. The smallest absolute Gasteiger partial charge is 0.248 e. The molecule has 1 aromatic heterocycles. The quantitative estimate of drug-likeness (QED) is 0.296. The van der Waals surface area contributed by atoms with Crippen LogP contribution in [0.4, 0.5) is 5.13 Å². The van der Waals surface area contributed by atoms with Gasteiger partial charge in [0.1, 0.15) is 17.0 Å². The third-order valence-corrected chi connectivity index (χ3v) is 7.69. The van der Waals surface area contributed by atoms with E-state index in [1.807, 2.05) is 0 Å². The Kier molecular flexibility index (Phi) is 8.79. The summed E-state index contributed by atoms with van der Waals surface area (Å²) in [5, 5.41) is 11.8. The Morgan fingerprint density at radius 3 is 2.50 bits per heavy atom. The van der Waals surface area contributed by atoms with Crippen molar-refractivity contribution in [3.8, 4) is 0 Å². The summed E-state index contributed by atoms with van der Waals surface area (Å²) in [6.07, 6.45) is 0.0270. The number of carbonyl (C=O) groups is 2. The number of hydrogen-bond acceptors (Lipinski definition) is 7. The molecule has 2 aromatic carbocycles. The minimum absolute atomic E-state index is 0.0270. The Morgan fingerprint density at radius 1 is 1.15 bits per heavy atom. The average Bonchev–Trinajstić information content (AvgIpc) is 3.19. The summed E-state index contributed by atoms with van der Waals surface area (Å²) in [7, 11) is -4.23. The van der Waals surface area contributed by atoms with E-state index in [1.54, 1.807) is 30.3 Å². The molecular formula is C20H19Cl2N5O4S3. The van der Waals surface area contributed by atoms with Crippen LogP contribution in [0.1, 0.15) is 12.5 Å². The molecule has 2 atom stereocenters. The molecule has 14 heteroatoms. The van der Waals surface area contributed by atoms with Crippen LogP contribution in [0.15, 0.2) is 53.4 Å². The van der Waals surface area contributed by atoms with Crippen LogP contribution >= 0.6 is 46.8 Å². The van der Waals surface area contributed by atoms with Gasteiger partial charge in [-0.05, 0) is 49.3 Å². The highest BCUT2D eigenvalue weighted by molar-refractivity contribution is 7.89. The lowest BCUT2D eigenvalue weighted by Crippen LogP contribution is -2.52. The Hall–Kier alpha value is -2.35. The SMILES string of the molecule is C[C@H](NC(=O)[C@H](Cc1ccccc1)NS(=O)(=O)c1cc(Cl)ccc1Cl)C(=O)Nc1n[nH]c(=S)s1. The zero-order chi connectivity index (χ0) is 24.9. The van der Waals surface area contributed by atoms with E-state index in [2.05, 4.69) is 25.6 Å². The van der Waals surface area contributed by atoms with E-state index >= 15 is 0 Å². The Labute approximate surface area is 214 Å². The number of aromatic nitrogens is 2. The minimum atomic E-state index is -4.23. The van der Waals surface area contributed by atoms with Crippen molar-refractivity contribution in [1.29, 1.82) is 0 Å². The molecule has 180 valence electrons. The second kappa shape index (κ2) is 11.4. The average molecular weight is 561 g/mol. The van der Waals surface area contributed by atoms with Crippen molar-refractivity contribution in [2.45, 2.75) is 30.3 Å². The Bertz CT molecular complexity index is 1350. The highest BCUT2D eigenvalue weighted by Gasteiger charge is 2.29. The standard InChI is InChI=1S/C20H19Cl2N5O4S3/c1-11(17(28)24-19-25-26-20(32)33-19)23-18(29)15(9-12-5-3-2-4-6-12)27-34(30,31)16-10-13(21)7-8-14(16)22/h2-8,10-11,15,27H,9H2,1H3,(H,23,29)(H,26,32)(H,24,25,28)/t11-,15-/m0/s1. The molecule has 0 aliphatic carbocycles. The van der Waals surface area contributed by atoms with E-state index < -0.39 is 33.9 Å². The van der Waals surface area contributed by atoms with Crippen molar-refractivity contribution in [3.63, 3.8) is 0 Å². The molecule has 0 saturated heterocycles. The fourth-order valence-electron chi connectivity index (χ4n) is 2.85. The molecule has 0 aliphatic rings. The number of halogens is 2. The van der Waals surface area contributed by atoms with Gasteiger partial charge in [0.05, 0.1) is 5.02 Å². The van der Waals surface area contributed by atoms with Crippen LogP contribution in [0, 0.1) is 3.95 Å². The number of aromatic amines is 1. The largest absolute Gasteiger partial charge is 0.343 e. The topological polar surface area (TPSA) is 133 Å². The molecule has 0 unspecified atom stereocenters. The van der Waals surface area contributed by atoms with E-state index in [9.17, 15) is 18.0 Å². The number of hydrogen-bond donors (Lipinski definition) is 4. The maximum absolute atomic E-state index is 13.1.